The summed E-state index contributed by atoms with van der Waals surface area (Å²) in [7, 11) is 2.25. The SMILES string of the molecule is Cc1occc1C(=O)N1CCC2(CC1)CC(N(C)Cc1cccs1)C2. The van der Waals surface area contributed by atoms with Crippen molar-refractivity contribution in [2.75, 3.05) is 20.1 Å². The van der Waals surface area contributed by atoms with Crippen molar-refractivity contribution in [2.45, 2.75) is 45.2 Å². The molecule has 0 bridgehead atoms. The van der Waals surface area contributed by atoms with Gasteiger partial charge in [-0.05, 0) is 62.6 Å². The molecule has 1 aliphatic heterocycles. The van der Waals surface area contributed by atoms with Crippen LogP contribution >= 0.6 is 11.3 Å². The first-order chi connectivity index (χ1) is 12.1. The van der Waals surface area contributed by atoms with Crippen LogP contribution in [-0.2, 0) is 6.54 Å². The van der Waals surface area contributed by atoms with Gasteiger partial charge in [0.05, 0.1) is 11.8 Å². The Kier molecular flexibility index (Phi) is 4.46. The number of hydrogen-bond donors (Lipinski definition) is 0. The first-order valence-electron chi connectivity index (χ1n) is 9.12. The first kappa shape index (κ1) is 16.9. The molecule has 25 heavy (non-hydrogen) atoms. The number of furan rings is 1. The zero-order valence-corrected chi connectivity index (χ0v) is 15.8. The minimum absolute atomic E-state index is 0.131. The van der Waals surface area contributed by atoms with Gasteiger partial charge in [-0.3, -0.25) is 9.69 Å². The zero-order valence-electron chi connectivity index (χ0n) is 15.0. The van der Waals surface area contributed by atoms with Crippen LogP contribution < -0.4 is 0 Å². The van der Waals surface area contributed by atoms with Crippen molar-refractivity contribution < 1.29 is 9.21 Å². The molecule has 3 heterocycles. The molecular weight excluding hydrogens is 332 g/mol. The summed E-state index contributed by atoms with van der Waals surface area (Å²) in [4.78, 5) is 18.6. The number of nitrogens with zero attached hydrogens (tertiary/aromatic N) is 2. The van der Waals surface area contributed by atoms with Gasteiger partial charge in [0.1, 0.15) is 5.76 Å². The molecule has 2 aromatic heterocycles. The van der Waals surface area contributed by atoms with Crippen LogP contribution in [0, 0.1) is 12.3 Å². The van der Waals surface area contributed by atoms with Gasteiger partial charge in [0.2, 0.25) is 0 Å². The van der Waals surface area contributed by atoms with E-state index in [1.807, 2.05) is 23.2 Å². The van der Waals surface area contributed by atoms with Crippen LogP contribution in [0.3, 0.4) is 0 Å². The van der Waals surface area contributed by atoms with Crippen LogP contribution in [0.25, 0.3) is 0 Å². The maximum Gasteiger partial charge on any atom is 0.257 e. The Labute approximate surface area is 153 Å². The Morgan fingerprint density at radius 2 is 2.12 bits per heavy atom. The predicted molar refractivity (Wildman–Crippen MR) is 99.8 cm³/mol. The maximum absolute atomic E-state index is 12.6. The van der Waals surface area contributed by atoms with Crippen molar-refractivity contribution >= 4 is 17.2 Å². The molecule has 5 heteroatoms. The van der Waals surface area contributed by atoms with Crippen LogP contribution in [0.5, 0.6) is 0 Å². The van der Waals surface area contributed by atoms with Gasteiger partial charge in [-0.2, -0.15) is 0 Å². The van der Waals surface area contributed by atoms with Crippen LogP contribution in [0.15, 0.2) is 34.3 Å². The van der Waals surface area contributed by atoms with E-state index in [0.29, 0.717) is 11.5 Å². The average molecular weight is 359 g/mol. The summed E-state index contributed by atoms with van der Waals surface area (Å²) in [5, 5.41) is 2.15. The Balaban J connectivity index is 1.28. The van der Waals surface area contributed by atoms with E-state index in [1.54, 1.807) is 12.3 Å². The van der Waals surface area contributed by atoms with E-state index in [2.05, 4.69) is 29.5 Å². The zero-order chi connectivity index (χ0) is 17.4. The summed E-state index contributed by atoms with van der Waals surface area (Å²) >= 11 is 1.84. The van der Waals surface area contributed by atoms with Crippen molar-refractivity contribution in [1.29, 1.82) is 0 Å². The standard InChI is InChI=1S/C20H26N2O2S/c1-15-18(5-10-24-15)19(23)22-8-6-20(7-9-22)12-16(13-20)21(2)14-17-4-3-11-25-17/h3-5,10-11,16H,6-9,12-14H2,1-2H3. The molecule has 4 rings (SSSR count). The number of amides is 1. The number of thiophene rings is 1. The van der Waals surface area contributed by atoms with Crippen LogP contribution in [0.2, 0.25) is 0 Å². The monoisotopic (exact) mass is 358 g/mol. The molecule has 1 saturated heterocycles. The van der Waals surface area contributed by atoms with E-state index in [4.69, 9.17) is 4.42 Å². The van der Waals surface area contributed by atoms with Crippen molar-refractivity contribution in [3.8, 4) is 0 Å². The molecule has 2 aliphatic rings. The van der Waals surface area contributed by atoms with Crippen LogP contribution in [-0.4, -0.2) is 41.9 Å². The second-order valence-corrected chi connectivity index (χ2v) is 8.77. The smallest absolute Gasteiger partial charge is 0.257 e. The normalized spacial score (nSPS) is 20.2. The summed E-state index contributed by atoms with van der Waals surface area (Å²) in [6.07, 6.45) is 6.44. The minimum atomic E-state index is 0.131. The van der Waals surface area contributed by atoms with Crippen molar-refractivity contribution in [3.05, 3.63) is 46.0 Å². The summed E-state index contributed by atoms with van der Waals surface area (Å²) < 4.78 is 5.28. The molecule has 2 aromatic rings. The third-order valence-electron chi connectivity index (χ3n) is 6.15. The number of likely N-dealkylation sites (tertiary alicyclic amines) is 1. The molecule has 0 N–H and O–H groups in total. The van der Waals surface area contributed by atoms with E-state index in [1.165, 1.54) is 17.7 Å². The number of aryl methyl sites for hydroxylation is 1. The highest BCUT2D eigenvalue weighted by atomic mass is 32.1. The topological polar surface area (TPSA) is 36.7 Å². The van der Waals surface area contributed by atoms with Gasteiger partial charge in [-0.1, -0.05) is 6.07 Å². The fourth-order valence-electron chi connectivity index (χ4n) is 4.40. The Hall–Kier alpha value is -1.59. The molecule has 1 aliphatic carbocycles. The number of hydrogen-bond acceptors (Lipinski definition) is 4. The minimum Gasteiger partial charge on any atom is -0.469 e. The van der Waals surface area contributed by atoms with E-state index in [-0.39, 0.29) is 5.91 Å². The molecule has 1 amide bonds. The van der Waals surface area contributed by atoms with Gasteiger partial charge < -0.3 is 9.32 Å². The van der Waals surface area contributed by atoms with Crippen LogP contribution in [0.4, 0.5) is 0 Å². The van der Waals surface area contributed by atoms with Gasteiger partial charge in [0.25, 0.3) is 5.91 Å². The molecule has 0 atom stereocenters. The lowest BCUT2D eigenvalue weighted by molar-refractivity contribution is -0.0325. The Bertz CT molecular complexity index is 721. The average Bonchev–Trinajstić information content (AvgIpc) is 3.23. The number of carbonyl (C=O) groups excluding carboxylic acids is 1. The lowest BCUT2D eigenvalue weighted by Gasteiger charge is -2.54. The highest BCUT2D eigenvalue weighted by Gasteiger charge is 2.47. The molecule has 2 fully saturated rings. The van der Waals surface area contributed by atoms with Gasteiger partial charge in [-0.25, -0.2) is 0 Å². The Morgan fingerprint density at radius 3 is 2.72 bits per heavy atom. The second kappa shape index (κ2) is 6.61. The molecule has 4 nitrogen and oxygen atoms in total. The molecule has 1 saturated carbocycles. The summed E-state index contributed by atoms with van der Waals surface area (Å²) in [6.45, 7) is 4.68. The van der Waals surface area contributed by atoms with Gasteiger partial charge in [0.15, 0.2) is 0 Å². The molecule has 0 aromatic carbocycles. The van der Waals surface area contributed by atoms with Gasteiger partial charge in [-0.15, -0.1) is 11.3 Å². The third-order valence-corrected chi connectivity index (χ3v) is 7.01. The fraction of sp³-hybridized carbons (Fsp3) is 0.550. The van der Waals surface area contributed by atoms with Gasteiger partial charge >= 0.3 is 0 Å². The number of piperidine rings is 1. The summed E-state index contributed by atoms with van der Waals surface area (Å²) in [5.41, 5.74) is 1.19. The maximum atomic E-state index is 12.6. The largest absolute Gasteiger partial charge is 0.469 e. The van der Waals surface area contributed by atoms with Crippen LogP contribution in [0.1, 0.15) is 46.7 Å². The molecular formula is C20H26N2O2S. The van der Waals surface area contributed by atoms with Crippen molar-refractivity contribution in [2.24, 2.45) is 5.41 Å². The number of carbonyl (C=O) groups is 1. The quantitative estimate of drug-likeness (QED) is 0.823. The van der Waals surface area contributed by atoms with E-state index < -0.39 is 0 Å². The fourth-order valence-corrected chi connectivity index (χ4v) is 5.17. The lowest BCUT2D eigenvalue weighted by Crippen LogP contribution is -2.54. The second-order valence-electron chi connectivity index (χ2n) is 7.74. The highest BCUT2D eigenvalue weighted by molar-refractivity contribution is 7.09. The summed E-state index contributed by atoms with van der Waals surface area (Å²) in [5.74, 6) is 0.857. The van der Waals surface area contributed by atoms with E-state index in [9.17, 15) is 4.79 Å². The first-order valence-corrected chi connectivity index (χ1v) is 10.0. The summed E-state index contributed by atoms with van der Waals surface area (Å²) in [6, 6.07) is 6.84. The predicted octanol–water partition coefficient (Wildman–Crippen LogP) is 4.17. The lowest BCUT2D eigenvalue weighted by atomic mass is 9.60. The molecule has 1 spiro atoms. The molecule has 0 radical (unpaired) electrons. The van der Waals surface area contributed by atoms with Gasteiger partial charge in [0, 0.05) is 30.6 Å². The molecule has 134 valence electrons. The Morgan fingerprint density at radius 1 is 1.36 bits per heavy atom. The third kappa shape index (κ3) is 3.27. The number of rotatable bonds is 4. The van der Waals surface area contributed by atoms with Crippen molar-refractivity contribution in [1.82, 2.24) is 9.80 Å². The van der Waals surface area contributed by atoms with E-state index >= 15 is 0 Å². The molecule has 0 unspecified atom stereocenters. The highest BCUT2D eigenvalue weighted by Crippen LogP contribution is 2.51. The van der Waals surface area contributed by atoms with Crippen molar-refractivity contribution in [3.63, 3.8) is 0 Å². The van der Waals surface area contributed by atoms with E-state index in [0.717, 1.165) is 43.8 Å².